The molecule has 0 atom stereocenters. The van der Waals surface area contributed by atoms with Crippen molar-refractivity contribution in [3.05, 3.63) is 87.6 Å². The number of rotatable bonds is 5. The van der Waals surface area contributed by atoms with E-state index in [1.165, 1.54) is 12.1 Å². The van der Waals surface area contributed by atoms with Gasteiger partial charge in [-0.1, -0.05) is 41.9 Å². The lowest BCUT2D eigenvalue weighted by molar-refractivity contribution is -0.384. The van der Waals surface area contributed by atoms with Gasteiger partial charge in [0.15, 0.2) is 0 Å². The van der Waals surface area contributed by atoms with Gasteiger partial charge in [0.05, 0.1) is 4.92 Å². The molecule has 0 bridgehead atoms. The van der Waals surface area contributed by atoms with Gasteiger partial charge in [-0.2, -0.15) is 0 Å². The normalized spacial score (nSPS) is 14.2. The first-order chi connectivity index (χ1) is 15.0. The zero-order valence-electron chi connectivity index (χ0n) is 16.6. The Hall–Kier alpha value is -3.58. The summed E-state index contributed by atoms with van der Waals surface area (Å²) in [5, 5.41) is 11.7. The molecule has 0 N–H and O–H groups in total. The molecule has 3 aromatic rings. The van der Waals surface area contributed by atoms with Crippen molar-refractivity contribution >= 4 is 35.0 Å². The smallest absolute Gasteiger partial charge is 0.294 e. The molecule has 0 radical (unpaired) electrons. The minimum absolute atomic E-state index is 0.0285. The van der Waals surface area contributed by atoms with E-state index in [1.807, 2.05) is 47.4 Å². The van der Waals surface area contributed by atoms with Crippen molar-refractivity contribution in [2.45, 2.75) is 0 Å². The number of benzene rings is 2. The Kier molecular flexibility index (Phi) is 6.04. The van der Waals surface area contributed by atoms with Gasteiger partial charge in [-0.05, 0) is 30.3 Å². The lowest BCUT2D eigenvalue weighted by atomic mass is 10.2. The summed E-state index contributed by atoms with van der Waals surface area (Å²) in [5.41, 5.74) is 1.46. The number of halogens is 1. The number of hydrogen-bond acceptors (Lipinski definition) is 5. The third-order valence-electron chi connectivity index (χ3n) is 5.14. The summed E-state index contributed by atoms with van der Waals surface area (Å²) in [5.74, 6) is 1.22. The molecule has 1 aliphatic heterocycles. The van der Waals surface area contributed by atoms with E-state index in [0.29, 0.717) is 42.6 Å². The van der Waals surface area contributed by atoms with Crippen LogP contribution in [0.2, 0.25) is 5.02 Å². The predicted molar refractivity (Wildman–Crippen MR) is 120 cm³/mol. The Balaban J connectivity index is 1.37. The number of nitro benzene ring substituents is 1. The van der Waals surface area contributed by atoms with Crippen molar-refractivity contribution in [2.24, 2.45) is 0 Å². The van der Waals surface area contributed by atoms with Gasteiger partial charge in [-0.25, -0.2) is 0 Å². The molecule has 4 rings (SSSR count). The molecule has 0 aliphatic carbocycles. The molecule has 1 fully saturated rings. The molecule has 1 aromatic heterocycles. The second-order valence-corrected chi connectivity index (χ2v) is 7.54. The highest BCUT2D eigenvalue weighted by Gasteiger charge is 2.25. The number of hydrogen-bond donors (Lipinski definition) is 0. The number of piperazine rings is 1. The summed E-state index contributed by atoms with van der Waals surface area (Å²) in [6, 6.07) is 18.1. The average Bonchev–Trinajstić information content (AvgIpc) is 3.27. The molecule has 31 heavy (non-hydrogen) atoms. The fourth-order valence-corrected chi connectivity index (χ4v) is 3.70. The van der Waals surface area contributed by atoms with E-state index < -0.39 is 4.92 Å². The van der Waals surface area contributed by atoms with Crippen molar-refractivity contribution in [3.8, 4) is 11.3 Å². The number of nitro groups is 1. The Morgan fingerprint density at radius 1 is 1.03 bits per heavy atom. The molecule has 0 unspecified atom stereocenters. The summed E-state index contributed by atoms with van der Waals surface area (Å²) >= 11 is 5.90. The van der Waals surface area contributed by atoms with E-state index >= 15 is 0 Å². The summed E-state index contributed by atoms with van der Waals surface area (Å²) in [4.78, 5) is 27.1. The fraction of sp³-hybridized carbons (Fsp3) is 0.174. The Morgan fingerprint density at radius 2 is 1.77 bits per heavy atom. The molecule has 2 heterocycles. The first kappa shape index (κ1) is 20.7. The minimum Gasteiger partial charge on any atom is -0.457 e. The van der Waals surface area contributed by atoms with Crippen molar-refractivity contribution in [3.63, 3.8) is 0 Å². The van der Waals surface area contributed by atoms with E-state index in [1.54, 1.807) is 23.1 Å². The highest BCUT2D eigenvalue weighted by Crippen LogP contribution is 2.31. The SMILES string of the molecule is O=C(/C=C/c1ccc(-c2ccccc2)o1)N1CCN(c2ccc(Cl)cc2[N+](=O)[O-])CC1. The first-order valence-corrected chi connectivity index (χ1v) is 10.2. The molecule has 1 amide bonds. The van der Waals surface area contributed by atoms with E-state index in [2.05, 4.69) is 0 Å². The average molecular weight is 438 g/mol. The van der Waals surface area contributed by atoms with Crippen LogP contribution in [0, 0.1) is 10.1 Å². The second kappa shape index (κ2) is 9.06. The molecule has 158 valence electrons. The van der Waals surface area contributed by atoms with Crippen LogP contribution in [0.15, 0.2) is 71.2 Å². The van der Waals surface area contributed by atoms with Crippen LogP contribution in [0.25, 0.3) is 17.4 Å². The van der Waals surface area contributed by atoms with Crippen LogP contribution < -0.4 is 4.90 Å². The largest absolute Gasteiger partial charge is 0.457 e. The minimum atomic E-state index is -0.436. The monoisotopic (exact) mass is 437 g/mol. The van der Waals surface area contributed by atoms with Crippen molar-refractivity contribution < 1.29 is 14.1 Å². The quantitative estimate of drug-likeness (QED) is 0.323. The van der Waals surface area contributed by atoms with E-state index in [9.17, 15) is 14.9 Å². The van der Waals surface area contributed by atoms with Gasteiger partial charge in [0.2, 0.25) is 5.91 Å². The Morgan fingerprint density at radius 3 is 2.48 bits per heavy atom. The number of nitrogens with zero attached hydrogens (tertiary/aromatic N) is 3. The van der Waals surface area contributed by atoms with Gasteiger partial charge < -0.3 is 14.2 Å². The van der Waals surface area contributed by atoms with Crippen LogP contribution in [0.5, 0.6) is 0 Å². The number of anilines is 1. The second-order valence-electron chi connectivity index (χ2n) is 7.10. The van der Waals surface area contributed by atoms with Crippen LogP contribution in [-0.2, 0) is 4.79 Å². The van der Waals surface area contributed by atoms with Crippen LogP contribution in [0.1, 0.15) is 5.76 Å². The zero-order chi connectivity index (χ0) is 21.8. The third kappa shape index (κ3) is 4.78. The third-order valence-corrected chi connectivity index (χ3v) is 5.38. The first-order valence-electron chi connectivity index (χ1n) is 9.82. The summed E-state index contributed by atoms with van der Waals surface area (Å²) < 4.78 is 5.79. The van der Waals surface area contributed by atoms with Gasteiger partial charge >= 0.3 is 0 Å². The number of carbonyl (C=O) groups is 1. The fourth-order valence-electron chi connectivity index (χ4n) is 3.54. The molecule has 1 saturated heterocycles. The molecule has 0 spiro atoms. The number of carbonyl (C=O) groups excluding carboxylic acids is 1. The van der Waals surface area contributed by atoms with Gasteiger partial charge in [-0.15, -0.1) is 0 Å². The van der Waals surface area contributed by atoms with E-state index in [-0.39, 0.29) is 11.6 Å². The number of furan rings is 1. The van der Waals surface area contributed by atoms with E-state index in [0.717, 1.165) is 11.3 Å². The van der Waals surface area contributed by atoms with Crippen molar-refractivity contribution in [1.29, 1.82) is 0 Å². The van der Waals surface area contributed by atoms with E-state index in [4.69, 9.17) is 16.0 Å². The Bertz CT molecular complexity index is 1120. The lowest BCUT2D eigenvalue weighted by Crippen LogP contribution is -2.48. The maximum absolute atomic E-state index is 12.6. The summed E-state index contributed by atoms with van der Waals surface area (Å²) in [6.45, 7) is 1.94. The summed E-state index contributed by atoms with van der Waals surface area (Å²) in [6.07, 6.45) is 3.15. The predicted octanol–water partition coefficient (Wildman–Crippen LogP) is 4.87. The lowest BCUT2D eigenvalue weighted by Gasteiger charge is -2.35. The van der Waals surface area contributed by atoms with Crippen molar-refractivity contribution in [1.82, 2.24) is 4.90 Å². The van der Waals surface area contributed by atoms with Crippen LogP contribution >= 0.6 is 11.6 Å². The highest BCUT2D eigenvalue weighted by atomic mass is 35.5. The van der Waals surface area contributed by atoms with Crippen molar-refractivity contribution in [2.75, 3.05) is 31.1 Å². The highest BCUT2D eigenvalue weighted by molar-refractivity contribution is 6.30. The molecule has 0 saturated carbocycles. The van der Waals surface area contributed by atoms with Crippen LogP contribution in [0.4, 0.5) is 11.4 Å². The molecule has 1 aliphatic rings. The number of amides is 1. The maximum atomic E-state index is 12.6. The molecular formula is C23H20ClN3O4. The topological polar surface area (TPSA) is 79.8 Å². The van der Waals surface area contributed by atoms with Crippen LogP contribution in [-0.4, -0.2) is 41.9 Å². The van der Waals surface area contributed by atoms with Gasteiger partial charge in [0.25, 0.3) is 5.69 Å². The standard InChI is InChI=1S/C23H20ClN3O4/c24-18-6-9-20(21(16-18)27(29)30)25-12-14-26(15-13-25)23(28)11-8-19-7-10-22(31-19)17-4-2-1-3-5-17/h1-11,16H,12-15H2/b11-8+. The van der Waals surface area contributed by atoms with Gasteiger partial charge in [0, 0.05) is 48.9 Å². The zero-order valence-corrected chi connectivity index (χ0v) is 17.4. The molecular weight excluding hydrogens is 418 g/mol. The van der Waals surface area contributed by atoms with Gasteiger partial charge in [-0.3, -0.25) is 14.9 Å². The molecule has 8 heteroatoms. The maximum Gasteiger partial charge on any atom is 0.294 e. The summed E-state index contributed by atoms with van der Waals surface area (Å²) in [7, 11) is 0. The van der Waals surface area contributed by atoms with Crippen LogP contribution in [0.3, 0.4) is 0 Å². The molecule has 7 nitrogen and oxygen atoms in total. The Labute approximate surface area is 184 Å². The molecule has 2 aromatic carbocycles. The van der Waals surface area contributed by atoms with Gasteiger partial charge in [0.1, 0.15) is 17.2 Å².